The van der Waals surface area contributed by atoms with Crippen LogP contribution >= 0.6 is 0 Å². The minimum absolute atomic E-state index is 0.228. The number of nitrogens with two attached hydrogens (primary N) is 1. The molecule has 0 bridgehead atoms. The van der Waals surface area contributed by atoms with E-state index in [-0.39, 0.29) is 5.41 Å². The van der Waals surface area contributed by atoms with Crippen LogP contribution in [0.3, 0.4) is 0 Å². The van der Waals surface area contributed by atoms with E-state index < -0.39 is 0 Å². The average Bonchev–Trinajstić information content (AvgIpc) is 2.80. The Hall–Kier alpha value is -0.870. The van der Waals surface area contributed by atoms with Gasteiger partial charge in [0.2, 0.25) is 0 Å². The van der Waals surface area contributed by atoms with Gasteiger partial charge in [0.05, 0.1) is 6.33 Å². The van der Waals surface area contributed by atoms with E-state index in [0.29, 0.717) is 18.1 Å². The average molecular weight is 264 g/mol. The minimum atomic E-state index is 0.228. The molecule has 4 nitrogen and oxygen atoms in total. The number of hydrogen-bond acceptors (Lipinski definition) is 3. The first-order valence-electron chi connectivity index (χ1n) is 7.42. The van der Waals surface area contributed by atoms with Gasteiger partial charge in [-0.15, -0.1) is 0 Å². The summed E-state index contributed by atoms with van der Waals surface area (Å²) in [7, 11) is 0. The van der Waals surface area contributed by atoms with Gasteiger partial charge in [0, 0.05) is 37.1 Å². The molecule has 0 aliphatic heterocycles. The molecule has 108 valence electrons. The lowest BCUT2D eigenvalue weighted by molar-refractivity contribution is 0.198. The van der Waals surface area contributed by atoms with Crippen LogP contribution in [0.15, 0.2) is 18.7 Å². The third-order valence-electron chi connectivity index (χ3n) is 4.15. The topological polar surface area (TPSA) is 55.9 Å². The molecule has 0 radical (unpaired) electrons. The fraction of sp³-hybridized carbons (Fsp3) is 0.800. The molecular weight excluding hydrogens is 236 g/mol. The molecule has 19 heavy (non-hydrogen) atoms. The van der Waals surface area contributed by atoms with Crippen molar-refractivity contribution in [2.45, 2.75) is 71.1 Å². The Bertz CT molecular complexity index is 366. The summed E-state index contributed by atoms with van der Waals surface area (Å²) in [6.45, 7) is 7.86. The van der Waals surface area contributed by atoms with Crippen LogP contribution < -0.4 is 11.1 Å². The molecule has 3 N–H and O–H groups in total. The van der Waals surface area contributed by atoms with Crippen molar-refractivity contribution in [2.75, 3.05) is 0 Å². The number of imidazole rings is 1. The van der Waals surface area contributed by atoms with Gasteiger partial charge >= 0.3 is 0 Å². The Labute approximate surface area is 116 Å². The predicted molar refractivity (Wildman–Crippen MR) is 78.8 cm³/mol. The molecule has 0 saturated heterocycles. The van der Waals surface area contributed by atoms with Crippen molar-refractivity contribution in [3.8, 4) is 0 Å². The van der Waals surface area contributed by atoms with Gasteiger partial charge in [-0.2, -0.15) is 0 Å². The van der Waals surface area contributed by atoms with Crippen molar-refractivity contribution in [1.29, 1.82) is 0 Å². The highest BCUT2D eigenvalue weighted by molar-refractivity contribution is 4.89. The normalized spacial score (nSPS) is 26.3. The van der Waals surface area contributed by atoms with E-state index >= 15 is 0 Å². The summed E-state index contributed by atoms with van der Waals surface area (Å²) in [6.07, 6.45) is 10.6. The fourth-order valence-corrected chi connectivity index (χ4v) is 2.85. The minimum Gasteiger partial charge on any atom is -0.336 e. The van der Waals surface area contributed by atoms with Crippen LogP contribution in [0.25, 0.3) is 0 Å². The monoisotopic (exact) mass is 264 g/mol. The molecule has 1 heterocycles. The van der Waals surface area contributed by atoms with Gasteiger partial charge in [-0.25, -0.2) is 4.98 Å². The summed E-state index contributed by atoms with van der Waals surface area (Å²) in [5.41, 5.74) is 6.32. The van der Waals surface area contributed by atoms with Crippen LogP contribution in [0.5, 0.6) is 0 Å². The number of nitrogens with one attached hydrogen (secondary N) is 1. The van der Waals surface area contributed by atoms with Crippen LogP contribution in [-0.4, -0.2) is 27.7 Å². The van der Waals surface area contributed by atoms with Crippen molar-refractivity contribution < 1.29 is 0 Å². The SMILES string of the molecule is CC(C)(C)C(Cn1ccnc1)NC1CCCC(N)C1. The Morgan fingerprint density at radius 3 is 2.79 bits per heavy atom. The second-order valence-corrected chi connectivity index (χ2v) is 6.97. The molecule has 3 atom stereocenters. The largest absolute Gasteiger partial charge is 0.336 e. The Kier molecular flexibility index (Phi) is 4.63. The molecule has 0 spiro atoms. The van der Waals surface area contributed by atoms with E-state index in [4.69, 9.17) is 5.73 Å². The maximum absolute atomic E-state index is 6.09. The van der Waals surface area contributed by atoms with Crippen LogP contribution in [0.4, 0.5) is 0 Å². The molecule has 1 aromatic rings. The molecule has 1 aliphatic rings. The molecule has 2 rings (SSSR count). The standard InChI is InChI=1S/C15H28N4/c1-15(2,3)14(10-19-8-7-17-11-19)18-13-6-4-5-12(16)9-13/h7-8,11-14,18H,4-6,9-10,16H2,1-3H3. The van der Waals surface area contributed by atoms with Gasteiger partial charge in [-0.3, -0.25) is 0 Å². The van der Waals surface area contributed by atoms with Crippen molar-refractivity contribution in [2.24, 2.45) is 11.1 Å². The fourth-order valence-electron chi connectivity index (χ4n) is 2.85. The molecule has 3 unspecified atom stereocenters. The summed E-state index contributed by atoms with van der Waals surface area (Å²) >= 11 is 0. The summed E-state index contributed by atoms with van der Waals surface area (Å²) < 4.78 is 2.16. The zero-order chi connectivity index (χ0) is 13.9. The highest BCUT2D eigenvalue weighted by Crippen LogP contribution is 2.24. The summed E-state index contributed by atoms with van der Waals surface area (Å²) in [4.78, 5) is 4.13. The summed E-state index contributed by atoms with van der Waals surface area (Å²) in [5.74, 6) is 0. The Morgan fingerprint density at radius 2 is 2.21 bits per heavy atom. The van der Waals surface area contributed by atoms with Crippen LogP contribution in [0.1, 0.15) is 46.5 Å². The molecule has 1 aromatic heterocycles. The lowest BCUT2D eigenvalue weighted by atomic mass is 9.84. The van der Waals surface area contributed by atoms with Gasteiger partial charge in [-0.1, -0.05) is 27.2 Å². The maximum atomic E-state index is 6.09. The van der Waals surface area contributed by atoms with Gasteiger partial charge in [-0.05, 0) is 24.7 Å². The lowest BCUT2D eigenvalue weighted by Crippen LogP contribution is -2.50. The van der Waals surface area contributed by atoms with Gasteiger partial charge in [0.25, 0.3) is 0 Å². The Morgan fingerprint density at radius 1 is 1.42 bits per heavy atom. The molecule has 1 fully saturated rings. The highest BCUT2D eigenvalue weighted by Gasteiger charge is 2.29. The first-order valence-corrected chi connectivity index (χ1v) is 7.42. The van der Waals surface area contributed by atoms with E-state index in [1.165, 1.54) is 19.3 Å². The van der Waals surface area contributed by atoms with Crippen molar-refractivity contribution in [1.82, 2.24) is 14.9 Å². The zero-order valence-electron chi connectivity index (χ0n) is 12.5. The second-order valence-electron chi connectivity index (χ2n) is 6.97. The third-order valence-corrected chi connectivity index (χ3v) is 4.15. The molecule has 0 aromatic carbocycles. The zero-order valence-corrected chi connectivity index (χ0v) is 12.5. The maximum Gasteiger partial charge on any atom is 0.0946 e. The number of hydrogen-bond donors (Lipinski definition) is 2. The van der Waals surface area contributed by atoms with Gasteiger partial charge < -0.3 is 15.6 Å². The van der Waals surface area contributed by atoms with E-state index in [1.807, 2.05) is 18.7 Å². The van der Waals surface area contributed by atoms with Crippen LogP contribution in [0.2, 0.25) is 0 Å². The lowest BCUT2D eigenvalue weighted by Gasteiger charge is -2.37. The van der Waals surface area contributed by atoms with E-state index in [9.17, 15) is 0 Å². The number of nitrogens with zero attached hydrogens (tertiary/aromatic N) is 2. The molecular formula is C15H28N4. The Balaban J connectivity index is 1.97. The van der Waals surface area contributed by atoms with Crippen LogP contribution in [-0.2, 0) is 6.54 Å². The van der Waals surface area contributed by atoms with E-state index in [0.717, 1.165) is 13.0 Å². The van der Waals surface area contributed by atoms with Gasteiger partial charge in [0.15, 0.2) is 0 Å². The smallest absolute Gasteiger partial charge is 0.0946 e. The first kappa shape index (κ1) is 14.5. The number of aromatic nitrogens is 2. The molecule has 1 saturated carbocycles. The quantitative estimate of drug-likeness (QED) is 0.876. The number of rotatable bonds is 4. The van der Waals surface area contributed by atoms with E-state index in [2.05, 4.69) is 35.6 Å². The van der Waals surface area contributed by atoms with E-state index in [1.54, 1.807) is 0 Å². The third kappa shape index (κ3) is 4.32. The predicted octanol–water partition coefficient (Wildman–Crippen LogP) is 2.16. The van der Waals surface area contributed by atoms with Crippen LogP contribution in [0, 0.1) is 5.41 Å². The molecule has 1 aliphatic carbocycles. The van der Waals surface area contributed by atoms with Crippen molar-refractivity contribution >= 4 is 0 Å². The summed E-state index contributed by atoms with van der Waals surface area (Å²) in [5, 5.41) is 3.84. The second kappa shape index (κ2) is 6.06. The molecule has 0 amide bonds. The van der Waals surface area contributed by atoms with Gasteiger partial charge in [0.1, 0.15) is 0 Å². The van der Waals surface area contributed by atoms with Crippen molar-refractivity contribution in [3.63, 3.8) is 0 Å². The first-order chi connectivity index (χ1) is 8.95. The molecule has 4 heteroatoms. The highest BCUT2D eigenvalue weighted by atomic mass is 15.1. The summed E-state index contributed by atoms with van der Waals surface area (Å²) in [6, 6.07) is 1.38. The van der Waals surface area contributed by atoms with Crippen molar-refractivity contribution in [3.05, 3.63) is 18.7 Å².